The maximum Gasteiger partial charge on any atom is 0.238 e. The molecule has 7 aromatic carbocycles. The zero-order chi connectivity index (χ0) is 35.3. The van der Waals surface area contributed by atoms with Gasteiger partial charge in [-0.25, -0.2) is 4.98 Å². The van der Waals surface area contributed by atoms with Gasteiger partial charge in [-0.05, 0) is 63.7 Å². The van der Waals surface area contributed by atoms with E-state index in [2.05, 4.69) is 152 Å². The average Bonchev–Trinajstić information content (AvgIpc) is 3.83. The van der Waals surface area contributed by atoms with Crippen molar-refractivity contribution in [3.63, 3.8) is 0 Å². The quantitative estimate of drug-likeness (QED) is 0.186. The summed E-state index contributed by atoms with van der Waals surface area (Å²) in [6, 6.07) is 55.3. The van der Waals surface area contributed by atoms with Gasteiger partial charge in [-0.1, -0.05) is 141 Å². The maximum atomic E-state index is 6.31. The summed E-state index contributed by atoms with van der Waals surface area (Å²) in [6.45, 7) is 4.66. The van der Waals surface area contributed by atoms with E-state index in [1.807, 2.05) is 24.3 Å². The van der Waals surface area contributed by atoms with Crippen LogP contribution in [-0.2, 0) is 5.41 Å². The SMILES string of the molecule is CC1(C)c2ccccc2-c2c1ccc1c2c2ccccc2n1-c1nc(-c2ccc(-c3ccccc3)cc2)nc(-c2ccc3c(c2)oc2ccccc23)n1. The van der Waals surface area contributed by atoms with Crippen molar-refractivity contribution >= 4 is 43.7 Å². The largest absolute Gasteiger partial charge is 0.456 e. The highest BCUT2D eigenvalue weighted by molar-refractivity contribution is 6.17. The predicted molar refractivity (Wildman–Crippen MR) is 215 cm³/mol. The van der Waals surface area contributed by atoms with Crippen LogP contribution < -0.4 is 0 Å². The van der Waals surface area contributed by atoms with Crippen LogP contribution in [0.1, 0.15) is 25.0 Å². The number of hydrogen-bond donors (Lipinski definition) is 0. The van der Waals surface area contributed by atoms with Crippen LogP contribution in [0.3, 0.4) is 0 Å². The van der Waals surface area contributed by atoms with Gasteiger partial charge in [0.1, 0.15) is 11.2 Å². The Labute approximate surface area is 305 Å². The molecule has 0 saturated heterocycles. The summed E-state index contributed by atoms with van der Waals surface area (Å²) in [6.07, 6.45) is 0. The third kappa shape index (κ3) is 4.40. The standard InChI is InChI=1S/C48H32N4O/c1-48(2)37-17-9-6-15-35(37)43-38(48)26-27-40-44(43)36-16-7-10-18-39(36)52(40)47-50-45(31-22-20-30(21-23-31)29-12-4-3-5-13-29)49-46(51-47)32-24-25-34-33-14-8-11-19-41(33)53-42(34)28-32/h3-28H,1-2H3. The zero-order valence-corrected chi connectivity index (χ0v) is 29.2. The summed E-state index contributed by atoms with van der Waals surface area (Å²) in [5.41, 5.74) is 13.0. The molecule has 0 fully saturated rings. The van der Waals surface area contributed by atoms with Gasteiger partial charge in [-0.3, -0.25) is 4.57 Å². The van der Waals surface area contributed by atoms with Gasteiger partial charge >= 0.3 is 0 Å². The Morgan fingerprint density at radius 1 is 0.472 bits per heavy atom. The van der Waals surface area contributed by atoms with E-state index in [-0.39, 0.29) is 5.41 Å². The molecule has 5 heteroatoms. The maximum absolute atomic E-state index is 6.31. The summed E-state index contributed by atoms with van der Waals surface area (Å²) in [5.74, 6) is 1.75. The molecule has 10 aromatic rings. The normalized spacial score (nSPS) is 13.2. The number of fused-ring (bicyclic) bond motifs is 10. The molecule has 0 N–H and O–H groups in total. The van der Waals surface area contributed by atoms with Gasteiger partial charge in [0.25, 0.3) is 0 Å². The zero-order valence-electron chi connectivity index (χ0n) is 29.2. The molecule has 250 valence electrons. The Hall–Kier alpha value is -6.85. The minimum absolute atomic E-state index is 0.113. The van der Waals surface area contributed by atoms with E-state index in [4.69, 9.17) is 19.4 Å². The molecule has 5 nitrogen and oxygen atoms in total. The Balaban J connectivity index is 1.17. The van der Waals surface area contributed by atoms with Gasteiger partial charge in [-0.2, -0.15) is 9.97 Å². The van der Waals surface area contributed by atoms with Crippen molar-refractivity contribution in [3.8, 4) is 51.0 Å². The first-order valence-corrected chi connectivity index (χ1v) is 18.0. The molecule has 0 aliphatic heterocycles. The van der Waals surface area contributed by atoms with Crippen molar-refractivity contribution in [3.05, 3.63) is 169 Å². The lowest BCUT2D eigenvalue weighted by Crippen LogP contribution is -2.14. The fourth-order valence-corrected chi connectivity index (χ4v) is 8.50. The van der Waals surface area contributed by atoms with Gasteiger partial charge in [0, 0.05) is 38.1 Å². The number of nitrogens with zero attached hydrogens (tertiary/aromatic N) is 4. The second kappa shape index (κ2) is 11.1. The molecular formula is C48H32N4O. The summed E-state index contributed by atoms with van der Waals surface area (Å²) >= 11 is 0. The molecule has 0 spiro atoms. The van der Waals surface area contributed by atoms with E-state index in [1.54, 1.807) is 0 Å². The minimum atomic E-state index is -0.113. The second-order valence-electron chi connectivity index (χ2n) is 14.4. The lowest BCUT2D eigenvalue weighted by Gasteiger charge is -2.21. The number of rotatable bonds is 4. The summed E-state index contributed by atoms with van der Waals surface area (Å²) in [5, 5.41) is 4.55. The molecule has 1 aliphatic carbocycles. The molecule has 53 heavy (non-hydrogen) atoms. The molecule has 0 radical (unpaired) electrons. The lowest BCUT2D eigenvalue weighted by atomic mass is 9.82. The summed E-state index contributed by atoms with van der Waals surface area (Å²) < 4.78 is 8.53. The van der Waals surface area contributed by atoms with Crippen molar-refractivity contribution in [1.29, 1.82) is 0 Å². The van der Waals surface area contributed by atoms with Crippen molar-refractivity contribution in [2.24, 2.45) is 0 Å². The molecular weight excluding hydrogens is 649 g/mol. The van der Waals surface area contributed by atoms with E-state index in [0.29, 0.717) is 17.6 Å². The predicted octanol–water partition coefficient (Wildman–Crippen LogP) is 12.2. The van der Waals surface area contributed by atoms with Crippen molar-refractivity contribution < 1.29 is 4.42 Å². The van der Waals surface area contributed by atoms with Gasteiger partial charge in [0.05, 0.1) is 11.0 Å². The van der Waals surface area contributed by atoms with E-state index >= 15 is 0 Å². The molecule has 1 aliphatic rings. The molecule has 0 atom stereocenters. The van der Waals surface area contributed by atoms with Crippen LogP contribution in [-0.4, -0.2) is 19.5 Å². The Morgan fingerprint density at radius 3 is 1.96 bits per heavy atom. The fraction of sp³-hybridized carbons (Fsp3) is 0.0625. The molecule has 3 aromatic heterocycles. The highest BCUT2D eigenvalue weighted by Gasteiger charge is 2.37. The molecule has 0 unspecified atom stereocenters. The number of para-hydroxylation sites is 2. The average molecular weight is 681 g/mol. The van der Waals surface area contributed by atoms with Gasteiger partial charge in [0.2, 0.25) is 5.95 Å². The van der Waals surface area contributed by atoms with E-state index in [1.165, 1.54) is 33.0 Å². The molecule has 0 saturated carbocycles. The lowest BCUT2D eigenvalue weighted by molar-refractivity contribution is 0.661. The minimum Gasteiger partial charge on any atom is -0.456 e. The number of furan rings is 1. The van der Waals surface area contributed by atoms with Gasteiger partial charge < -0.3 is 4.42 Å². The first-order chi connectivity index (χ1) is 26.0. The number of benzene rings is 7. The molecule has 0 amide bonds. The molecule has 11 rings (SSSR count). The van der Waals surface area contributed by atoms with Crippen LogP contribution in [0.2, 0.25) is 0 Å². The van der Waals surface area contributed by atoms with Crippen LogP contribution in [0.25, 0.3) is 94.7 Å². The first-order valence-electron chi connectivity index (χ1n) is 18.0. The third-order valence-electron chi connectivity index (χ3n) is 11.1. The van der Waals surface area contributed by atoms with E-state index in [9.17, 15) is 0 Å². The van der Waals surface area contributed by atoms with Crippen LogP contribution in [0, 0.1) is 0 Å². The summed E-state index contributed by atoms with van der Waals surface area (Å²) in [4.78, 5) is 15.7. The monoisotopic (exact) mass is 680 g/mol. The second-order valence-corrected chi connectivity index (χ2v) is 14.4. The Kier molecular flexibility index (Phi) is 6.23. The molecule has 3 heterocycles. The van der Waals surface area contributed by atoms with Crippen molar-refractivity contribution in [1.82, 2.24) is 19.5 Å². The van der Waals surface area contributed by atoms with Crippen LogP contribution in [0.5, 0.6) is 0 Å². The van der Waals surface area contributed by atoms with Crippen LogP contribution in [0.4, 0.5) is 0 Å². The third-order valence-corrected chi connectivity index (χ3v) is 11.1. The fourth-order valence-electron chi connectivity index (χ4n) is 8.50. The Morgan fingerprint density at radius 2 is 1.11 bits per heavy atom. The topological polar surface area (TPSA) is 56.7 Å². The number of aromatic nitrogens is 4. The van der Waals surface area contributed by atoms with Crippen molar-refractivity contribution in [2.45, 2.75) is 19.3 Å². The van der Waals surface area contributed by atoms with Gasteiger partial charge in [-0.15, -0.1) is 0 Å². The summed E-state index contributed by atoms with van der Waals surface area (Å²) in [7, 11) is 0. The number of hydrogen-bond acceptors (Lipinski definition) is 4. The van der Waals surface area contributed by atoms with E-state index < -0.39 is 0 Å². The highest BCUT2D eigenvalue weighted by atomic mass is 16.3. The van der Waals surface area contributed by atoms with Crippen LogP contribution in [0.15, 0.2) is 162 Å². The Bertz CT molecular complexity index is 3080. The van der Waals surface area contributed by atoms with E-state index in [0.717, 1.165) is 55.2 Å². The first kappa shape index (κ1) is 29.8. The molecule has 0 bridgehead atoms. The van der Waals surface area contributed by atoms with Crippen LogP contribution >= 0.6 is 0 Å². The smallest absolute Gasteiger partial charge is 0.238 e. The highest BCUT2D eigenvalue weighted by Crippen LogP contribution is 2.53. The van der Waals surface area contributed by atoms with Gasteiger partial charge in [0.15, 0.2) is 11.6 Å². The van der Waals surface area contributed by atoms with Crippen molar-refractivity contribution in [2.75, 3.05) is 0 Å².